The van der Waals surface area contributed by atoms with Crippen LogP contribution in [0.4, 0.5) is 0 Å². The van der Waals surface area contributed by atoms with Crippen molar-refractivity contribution in [1.82, 2.24) is 0 Å². The van der Waals surface area contributed by atoms with Gasteiger partial charge in [0.05, 0.1) is 25.4 Å². The highest BCUT2D eigenvalue weighted by atomic mass is 31.2. The van der Waals surface area contributed by atoms with Crippen LogP contribution in [-0.4, -0.2) is 82.3 Å². The molecule has 0 aromatic rings. The maximum absolute atomic E-state index is 12.6. The monoisotopic (exact) mass is 825 g/mol. The molecule has 0 fully saturated rings. The highest BCUT2D eigenvalue weighted by Crippen LogP contribution is 2.43. The Hall–Kier alpha value is -3.16. The summed E-state index contributed by atoms with van der Waals surface area (Å²) in [6, 6.07) is -1.55. The smallest absolute Gasteiger partial charge is 0.472 e. The summed E-state index contributed by atoms with van der Waals surface area (Å²) in [5, 5.41) is 28.8. The van der Waals surface area contributed by atoms with Crippen molar-refractivity contribution in [2.45, 2.75) is 160 Å². The number of hydrogen-bond donors (Lipinski definition) is 5. The van der Waals surface area contributed by atoms with E-state index >= 15 is 0 Å². The highest BCUT2D eigenvalue weighted by Gasteiger charge is 2.28. The molecule has 0 aliphatic heterocycles. The van der Waals surface area contributed by atoms with Crippen molar-refractivity contribution < 1.29 is 57.7 Å². The van der Waals surface area contributed by atoms with Gasteiger partial charge in [0.15, 0.2) is 6.10 Å². The number of ether oxygens (including phenoxy) is 2. The van der Waals surface area contributed by atoms with Gasteiger partial charge in [0.2, 0.25) is 0 Å². The van der Waals surface area contributed by atoms with Crippen LogP contribution in [0.5, 0.6) is 0 Å². The van der Waals surface area contributed by atoms with Gasteiger partial charge in [-0.15, -0.1) is 0 Å². The van der Waals surface area contributed by atoms with E-state index in [1.165, 1.54) is 51.4 Å². The van der Waals surface area contributed by atoms with Crippen LogP contribution >= 0.6 is 7.82 Å². The summed E-state index contributed by atoms with van der Waals surface area (Å²) in [6.45, 7) is 2.39. The maximum Gasteiger partial charge on any atom is 0.472 e. The number of carboxylic acid groups (broad SMARTS) is 1. The summed E-state index contributed by atoms with van der Waals surface area (Å²) < 4.78 is 32.5. The quantitative estimate of drug-likeness (QED) is 0.0131. The van der Waals surface area contributed by atoms with Crippen LogP contribution in [0.1, 0.15) is 136 Å². The number of phosphoric ester groups is 1. The second kappa shape index (κ2) is 37.1. The first-order valence-corrected chi connectivity index (χ1v) is 22.2. The Kier molecular flexibility index (Phi) is 35.1. The first kappa shape index (κ1) is 53.8. The molecule has 0 radical (unpaired) electrons. The summed E-state index contributed by atoms with van der Waals surface area (Å²) in [5.74, 6) is -2.59. The van der Waals surface area contributed by atoms with E-state index in [9.17, 15) is 34.1 Å². The Morgan fingerprint density at radius 3 is 1.86 bits per heavy atom. The first-order valence-electron chi connectivity index (χ1n) is 20.7. The minimum Gasteiger partial charge on any atom is -0.480 e. The van der Waals surface area contributed by atoms with E-state index in [0.717, 1.165) is 25.7 Å². The predicted molar refractivity (Wildman–Crippen MR) is 224 cm³/mol. The van der Waals surface area contributed by atoms with Gasteiger partial charge in [-0.2, -0.15) is 0 Å². The maximum atomic E-state index is 12.6. The van der Waals surface area contributed by atoms with Crippen LogP contribution in [0.25, 0.3) is 0 Å². The molecule has 0 bridgehead atoms. The summed E-state index contributed by atoms with van der Waals surface area (Å²) in [6.07, 6.45) is 36.2. The lowest BCUT2D eigenvalue weighted by molar-refractivity contribution is -0.161. The molecule has 326 valence electrons. The fourth-order valence-electron chi connectivity index (χ4n) is 5.10. The van der Waals surface area contributed by atoms with E-state index in [1.54, 1.807) is 30.4 Å². The van der Waals surface area contributed by atoms with E-state index in [2.05, 4.69) is 11.4 Å². The summed E-state index contributed by atoms with van der Waals surface area (Å²) in [7, 11) is -4.76. The van der Waals surface area contributed by atoms with Crippen molar-refractivity contribution in [3.8, 4) is 0 Å². The summed E-state index contributed by atoms with van der Waals surface area (Å²) >= 11 is 0. The lowest BCUT2D eigenvalue weighted by Crippen LogP contribution is -2.34. The first-order chi connectivity index (χ1) is 27.4. The number of aliphatic hydroxyl groups is 2. The molecule has 0 aliphatic carbocycles. The molecule has 0 spiro atoms. The largest absolute Gasteiger partial charge is 0.480 e. The normalized spacial score (nSPS) is 15.6. The SMILES string of the molecule is CC/C=C\C[C@@H](O)/C=C/C=C\C/C=C\C=C\[C@@H](O)/C=C\CCCC(=O)OC[C@H](COP(=O)(O)OC[C@H](N)C(=O)O)OC(=O)CCCCCCCCCCCCCC. The third-order valence-corrected chi connectivity index (χ3v) is 9.34. The van der Waals surface area contributed by atoms with Gasteiger partial charge in [-0.3, -0.25) is 23.4 Å². The van der Waals surface area contributed by atoms with E-state index in [0.29, 0.717) is 32.1 Å². The third-order valence-electron chi connectivity index (χ3n) is 8.39. The van der Waals surface area contributed by atoms with Gasteiger partial charge in [-0.25, -0.2) is 4.57 Å². The van der Waals surface area contributed by atoms with Gasteiger partial charge < -0.3 is 35.4 Å². The van der Waals surface area contributed by atoms with Gasteiger partial charge in [0, 0.05) is 12.8 Å². The molecule has 13 nitrogen and oxygen atoms in total. The standard InChI is InChI=1S/C43H72NO12P/c1-3-5-7-8-9-10-11-12-13-17-20-26-33-42(48)56-39(35-54-57(51,52)55-36-40(44)43(49)50)34-53-41(47)32-27-21-25-31-38(46)30-24-19-16-14-15-18-23-29-37(45)28-22-6-4-2/h6,15-16,18-19,22-25,29-31,37-40,45-46H,3-5,7-14,17,20-21,26-28,32-36,44H2,1-2H3,(H,49,50)(H,51,52)/b18-15-,19-16-,22-6-,29-23+,30-24+,31-25-/t37-,38-,39-,40+/m1/s1. The average molecular weight is 826 g/mol. The number of rotatable bonds is 37. The average Bonchev–Trinajstić information content (AvgIpc) is 3.17. The van der Waals surface area contributed by atoms with Crippen molar-refractivity contribution in [2.24, 2.45) is 5.73 Å². The van der Waals surface area contributed by atoms with Crippen LogP contribution in [0, 0.1) is 0 Å². The number of phosphoric acid groups is 1. The van der Waals surface area contributed by atoms with Crippen molar-refractivity contribution >= 4 is 25.7 Å². The molecule has 0 rings (SSSR count). The van der Waals surface area contributed by atoms with Crippen molar-refractivity contribution in [3.63, 3.8) is 0 Å². The number of nitrogens with two attached hydrogens (primary N) is 1. The van der Waals surface area contributed by atoms with Gasteiger partial charge in [-0.1, -0.05) is 157 Å². The molecule has 0 saturated heterocycles. The molecular weight excluding hydrogens is 753 g/mol. The zero-order valence-electron chi connectivity index (χ0n) is 34.4. The predicted octanol–water partition coefficient (Wildman–Crippen LogP) is 8.50. The minimum absolute atomic E-state index is 0.0334. The van der Waals surface area contributed by atoms with Gasteiger partial charge in [-0.05, 0) is 38.5 Å². The zero-order valence-corrected chi connectivity index (χ0v) is 35.3. The molecule has 0 heterocycles. The molecule has 14 heteroatoms. The number of esters is 2. The molecule has 1 unspecified atom stereocenters. The Morgan fingerprint density at radius 2 is 1.25 bits per heavy atom. The summed E-state index contributed by atoms with van der Waals surface area (Å²) in [5.41, 5.74) is 5.31. The molecular formula is C43H72NO12P. The van der Waals surface area contributed by atoms with Gasteiger partial charge in [0.25, 0.3) is 0 Å². The van der Waals surface area contributed by atoms with Crippen molar-refractivity contribution in [1.29, 1.82) is 0 Å². The number of carboxylic acids is 1. The van der Waals surface area contributed by atoms with Crippen LogP contribution in [0.2, 0.25) is 0 Å². The molecule has 5 atom stereocenters. The Balaban J connectivity index is 4.64. The van der Waals surface area contributed by atoms with Crippen LogP contribution in [0.3, 0.4) is 0 Å². The van der Waals surface area contributed by atoms with E-state index in [1.807, 2.05) is 49.5 Å². The molecule has 0 saturated carbocycles. The van der Waals surface area contributed by atoms with E-state index in [4.69, 9.17) is 24.8 Å². The number of carbonyl (C=O) groups is 3. The van der Waals surface area contributed by atoms with Crippen LogP contribution in [0.15, 0.2) is 72.9 Å². The number of unbranched alkanes of at least 4 members (excludes halogenated alkanes) is 12. The Labute approximate surface area is 341 Å². The lowest BCUT2D eigenvalue weighted by atomic mass is 10.0. The minimum atomic E-state index is -4.76. The molecule has 0 aromatic heterocycles. The number of aliphatic hydroxyl groups excluding tert-OH is 2. The third kappa shape index (κ3) is 36.9. The van der Waals surface area contributed by atoms with Gasteiger partial charge in [0.1, 0.15) is 12.6 Å². The lowest BCUT2D eigenvalue weighted by Gasteiger charge is -2.20. The zero-order chi connectivity index (χ0) is 42.4. The number of allylic oxidation sites excluding steroid dienone is 8. The molecule has 6 N–H and O–H groups in total. The Morgan fingerprint density at radius 1 is 0.667 bits per heavy atom. The van der Waals surface area contributed by atoms with Crippen molar-refractivity contribution in [3.05, 3.63) is 72.9 Å². The van der Waals surface area contributed by atoms with Crippen LogP contribution < -0.4 is 5.73 Å². The number of hydrogen-bond acceptors (Lipinski definition) is 11. The fraction of sp³-hybridized carbons (Fsp3) is 0.651. The molecule has 0 aliphatic rings. The topological polar surface area (TPSA) is 212 Å². The van der Waals surface area contributed by atoms with Crippen molar-refractivity contribution in [2.75, 3.05) is 19.8 Å². The Bertz CT molecular complexity index is 1280. The summed E-state index contributed by atoms with van der Waals surface area (Å²) in [4.78, 5) is 45.8. The van der Waals surface area contributed by atoms with Crippen LogP contribution in [-0.2, 0) is 37.5 Å². The van der Waals surface area contributed by atoms with E-state index in [-0.39, 0.29) is 12.8 Å². The second-order valence-corrected chi connectivity index (χ2v) is 15.2. The second-order valence-electron chi connectivity index (χ2n) is 13.8. The van der Waals surface area contributed by atoms with Gasteiger partial charge >= 0.3 is 25.7 Å². The molecule has 57 heavy (non-hydrogen) atoms. The number of carbonyl (C=O) groups excluding carboxylic acids is 2. The van der Waals surface area contributed by atoms with E-state index < -0.39 is 69.9 Å². The molecule has 0 aromatic carbocycles. The number of aliphatic carboxylic acids is 1. The fourth-order valence-corrected chi connectivity index (χ4v) is 5.88. The molecule has 0 amide bonds. The highest BCUT2D eigenvalue weighted by molar-refractivity contribution is 7.47.